The van der Waals surface area contributed by atoms with Crippen LogP contribution in [0.1, 0.15) is 12.0 Å². The van der Waals surface area contributed by atoms with E-state index in [4.69, 9.17) is 20.9 Å². The van der Waals surface area contributed by atoms with Gasteiger partial charge >= 0.3 is 0 Å². The molecule has 0 saturated carbocycles. The van der Waals surface area contributed by atoms with E-state index >= 15 is 0 Å². The molecule has 1 atom stereocenters. The van der Waals surface area contributed by atoms with Crippen molar-refractivity contribution in [1.82, 2.24) is 29.9 Å². The molecule has 5 rings (SSSR count). The molecule has 2 aliphatic rings. The first-order chi connectivity index (χ1) is 23.7. The van der Waals surface area contributed by atoms with Crippen molar-refractivity contribution in [2.45, 2.75) is 11.3 Å². The Bertz CT molecular complexity index is 2040. The molecule has 3 heterocycles. The zero-order valence-electron chi connectivity index (χ0n) is 27.0. The lowest BCUT2D eigenvalue weighted by atomic mass is 9.97. The van der Waals surface area contributed by atoms with Gasteiger partial charge in [-0.15, -0.1) is 0 Å². The Morgan fingerprint density at radius 3 is 2.38 bits per heavy atom. The molecule has 1 aliphatic carbocycles. The average molecular weight is 733 g/mol. The van der Waals surface area contributed by atoms with Crippen molar-refractivity contribution in [2.24, 2.45) is 5.92 Å². The van der Waals surface area contributed by atoms with Crippen LogP contribution >= 0.6 is 0 Å². The topological polar surface area (TPSA) is 287 Å². The fourth-order valence-electron chi connectivity index (χ4n) is 4.94. The van der Waals surface area contributed by atoms with Crippen molar-refractivity contribution in [2.75, 3.05) is 85.5 Å². The van der Waals surface area contributed by atoms with Gasteiger partial charge in [-0.05, 0) is 30.2 Å². The molecule has 0 amide bonds. The third-order valence-corrected chi connectivity index (χ3v) is 9.34. The molecule has 1 aliphatic heterocycles. The molecule has 3 aromatic rings. The van der Waals surface area contributed by atoms with Crippen molar-refractivity contribution in [1.29, 1.82) is 0 Å². The number of benzene rings is 1. The van der Waals surface area contributed by atoms with Gasteiger partial charge in [-0.1, -0.05) is 24.3 Å². The number of nitrogen functional groups attached to an aromatic ring is 2. The first-order valence-corrected chi connectivity index (χ1v) is 17.9. The Hall–Kier alpha value is -5.00. The van der Waals surface area contributed by atoms with Gasteiger partial charge < -0.3 is 41.4 Å². The van der Waals surface area contributed by atoms with Crippen molar-refractivity contribution >= 4 is 67.7 Å². The van der Waals surface area contributed by atoms with E-state index in [1.807, 2.05) is 4.90 Å². The quantitative estimate of drug-likeness (QED) is 0.133. The first-order valence-electron chi connectivity index (χ1n) is 15.0. The molecule has 1 unspecified atom stereocenters. The van der Waals surface area contributed by atoms with Crippen molar-refractivity contribution in [3.05, 3.63) is 52.6 Å². The third-order valence-electron chi connectivity index (χ3n) is 7.41. The van der Waals surface area contributed by atoms with E-state index in [2.05, 4.69) is 40.5 Å². The molecule has 1 saturated heterocycles. The average Bonchev–Trinajstić information content (AvgIpc) is 3.06. The second kappa shape index (κ2) is 15.3. The summed E-state index contributed by atoms with van der Waals surface area (Å²) < 4.78 is 80.3. The highest BCUT2D eigenvalue weighted by molar-refractivity contribution is 7.89. The fraction of sp³-hybridized carbons (Fsp3) is 0.357. The molecule has 50 heavy (non-hydrogen) atoms. The SMILES string of the molecule is COCCN(C)c1nc(N)nc(NC2=CCC(/C=C/c3ccc(Nc4nc(N)nc(N5CCOCC5)n4)cc3S(=O)(=O)O)C(S(=O)(=O)O)=C2)n1. The number of nitrogens with two attached hydrogens (primary N) is 2. The summed E-state index contributed by atoms with van der Waals surface area (Å²) >= 11 is 0. The van der Waals surface area contributed by atoms with Crippen molar-refractivity contribution in [3.63, 3.8) is 0 Å². The number of nitrogens with one attached hydrogen (secondary N) is 2. The minimum Gasteiger partial charge on any atom is -0.383 e. The van der Waals surface area contributed by atoms with Crippen molar-refractivity contribution in [3.8, 4) is 0 Å². The number of aromatic nitrogens is 6. The Morgan fingerprint density at radius 2 is 1.70 bits per heavy atom. The largest absolute Gasteiger partial charge is 0.383 e. The molecule has 0 spiro atoms. The lowest BCUT2D eigenvalue weighted by molar-refractivity contribution is 0.122. The second-order valence-corrected chi connectivity index (χ2v) is 13.8. The number of rotatable bonds is 13. The van der Waals surface area contributed by atoms with E-state index in [0.717, 1.165) is 6.07 Å². The van der Waals surface area contributed by atoms with Crippen LogP contribution in [0, 0.1) is 5.92 Å². The summed E-state index contributed by atoms with van der Waals surface area (Å²) in [5.41, 5.74) is 12.2. The van der Waals surface area contributed by atoms with E-state index in [0.29, 0.717) is 45.4 Å². The molecule has 22 heteroatoms. The maximum atomic E-state index is 12.4. The molecule has 8 N–H and O–H groups in total. The van der Waals surface area contributed by atoms with Crippen LogP contribution in [-0.2, 0) is 29.7 Å². The van der Waals surface area contributed by atoms with E-state index in [9.17, 15) is 25.9 Å². The normalized spacial score (nSPS) is 17.0. The zero-order chi connectivity index (χ0) is 36.1. The number of allylic oxidation sites excluding steroid dienone is 4. The molecular formula is C28H36N12O8S2. The predicted molar refractivity (Wildman–Crippen MR) is 185 cm³/mol. The number of likely N-dealkylation sites (N-methyl/N-ethyl adjacent to an activating group) is 1. The molecular weight excluding hydrogens is 697 g/mol. The Balaban J connectivity index is 1.36. The van der Waals surface area contributed by atoms with Gasteiger partial charge in [0.2, 0.25) is 35.7 Å². The van der Waals surface area contributed by atoms with Gasteiger partial charge in [0.1, 0.15) is 4.90 Å². The highest BCUT2D eigenvalue weighted by atomic mass is 32.2. The maximum absolute atomic E-state index is 12.4. The number of methoxy groups -OCH3 is 1. The highest BCUT2D eigenvalue weighted by Gasteiger charge is 2.27. The third kappa shape index (κ3) is 9.36. The summed E-state index contributed by atoms with van der Waals surface area (Å²) in [6.07, 6.45) is 5.63. The molecule has 20 nitrogen and oxygen atoms in total. The second-order valence-electron chi connectivity index (χ2n) is 11.0. The maximum Gasteiger partial charge on any atom is 0.295 e. The molecule has 1 aromatic carbocycles. The minimum atomic E-state index is -4.77. The van der Waals surface area contributed by atoms with Crippen LogP contribution in [0.4, 0.5) is 41.4 Å². The van der Waals surface area contributed by atoms with Gasteiger partial charge in [-0.2, -0.15) is 46.7 Å². The smallest absolute Gasteiger partial charge is 0.295 e. The Labute approximate surface area is 287 Å². The highest BCUT2D eigenvalue weighted by Crippen LogP contribution is 2.31. The van der Waals surface area contributed by atoms with Crippen LogP contribution in [0.25, 0.3) is 6.08 Å². The van der Waals surface area contributed by atoms with Crippen LogP contribution in [0.2, 0.25) is 0 Å². The summed E-state index contributed by atoms with van der Waals surface area (Å²) in [5.74, 6) is -0.412. The van der Waals surface area contributed by atoms with Gasteiger partial charge in [0.15, 0.2) is 0 Å². The number of hydrogen-bond donors (Lipinski definition) is 6. The van der Waals surface area contributed by atoms with Gasteiger partial charge in [-0.25, -0.2) is 0 Å². The summed E-state index contributed by atoms with van der Waals surface area (Å²) in [6.45, 7) is 2.94. The fourth-order valence-corrected chi connectivity index (χ4v) is 6.49. The van der Waals surface area contributed by atoms with Gasteiger partial charge in [0.25, 0.3) is 20.2 Å². The standard InChI is InChI=1S/C28H36N12O8S2/c1-39(9-12-47-2)27-35-23(29)33-25(37-27)31-19-7-5-17(21(15-19)49(41,42)43)3-4-18-6-8-20(16-22(18)50(44,45)46)32-26-34-24(30)36-28(38-26)40-10-13-48-14-11-40/h3-4,6-8,15-17H,5,9-14H2,1-2H3,(H,41,42,43)(H,44,45,46)(H3,29,31,33,35,37)(H3,30,32,34,36,38)/b4-3+. The zero-order valence-corrected chi connectivity index (χ0v) is 28.6. The summed E-state index contributed by atoms with van der Waals surface area (Å²) in [6, 6.07) is 4.06. The monoisotopic (exact) mass is 732 g/mol. The number of anilines is 7. The number of nitrogens with zero attached hydrogens (tertiary/aromatic N) is 8. The van der Waals surface area contributed by atoms with Crippen LogP contribution in [0.15, 0.2) is 51.9 Å². The van der Waals surface area contributed by atoms with Gasteiger partial charge in [0.05, 0.1) is 24.7 Å². The summed E-state index contributed by atoms with van der Waals surface area (Å²) in [5, 5.41) is 5.76. The van der Waals surface area contributed by atoms with Gasteiger partial charge in [0, 0.05) is 51.1 Å². The minimum absolute atomic E-state index is 0.0339. The lowest BCUT2D eigenvalue weighted by Gasteiger charge is -2.26. The number of ether oxygens (including phenoxy) is 2. The molecule has 2 aromatic heterocycles. The van der Waals surface area contributed by atoms with E-state index in [1.54, 1.807) is 25.1 Å². The molecule has 0 bridgehead atoms. The Kier molecular flexibility index (Phi) is 11.1. The number of morpholine rings is 1. The first kappa shape index (κ1) is 36.3. The van der Waals surface area contributed by atoms with E-state index < -0.39 is 31.0 Å². The summed E-state index contributed by atoms with van der Waals surface area (Å²) in [4.78, 5) is 27.7. The molecule has 1 fully saturated rings. The Morgan fingerprint density at radius 1 is 1.00 bits per heavy atom. The van der Waals surface area contributed by atoms with E-state index in [1.165, 1.54) is 30.4 Å². The van der Waals surface area contributed by atoms with Crippen molar-refractivity contribution < 1.29 is 35.4 Å². The van der Waals surface area contributed by atoms with Crippen LogP contribution in [-0.4, -0.2) is 109 Å². The number of hydrogen-bond acceptors (Lipinski definition) is 18. The van der Waals surface area contributed by atoms with Gasteiger partial charge in [-0.3, -0.25) is 9.11 Å². The summed E-state index contributed by atoms with van der Waals surface area (Å²) in [7, 11) is -6.21. The lowest BCUT2D eigenvalue weighted by Crippen LogP contribution is -2.37. The van der Waals surface area contributed by atoms with Crippen LogP contribution < -0.4 is 31.9 Å². The van der Waals surface area contributed by atoms with E-state index in [-0.39, 0.29) is 58.0 Å². The molecule has 268 valence electrons. The van der Waals surface area contributed by atoms with Crippen LogP contribution in [0.3, 0.4) is 0 Å². The van der Waals surface area contributed by atoms with Crippen LogP contribution in [0.5, 0.6) is 0 Å². The predicted octanol–water partition coefficient (Wildman–Crippen LogP) is 0.931. The molecule has 0 radical (unpaired) electrons.